The molecule has 2 rings (SSSR count). The summed E-state index contributed by atoms with van der Waals surface area (Å²) in [5.74, 6) is -1.91. The summed E-state index contributed by atoms with van der Waals surface area (Å²) in [4.78, 5) is 5.73. The number of alkyl halides is 2. The monoisotopic (exact) mass is 310 g/mol. The largest absolute Gasteiger partial charge is 0.350 e. The number of hydrogen-bond donors (Lipinski definition) is 0. The Bertz CT molecular complexity index is 326. The fourth-order valence-electron chi connectivity index (χ4n) is 1.49. The molecule has 0 amide bonds. The molecule has 1 aliphatic rings. The average Bonchev–Trinajstić information content (AvgIpc) is 2.47. The van der Waals surface area contributed by atoms with Crippen LogP contribution in [0.3, 0.4) is 0 Å². The predicted octanol–water partition coefficient (Wildman–Crippen LogP) is 2.53. The summed E-state index contributed by atoms with van der Waals surface area (Å²) < 4.78 is 26.8. The van der Waals surface area contributed by atoms with E-state index >= 15 is 0 Å². The van der Waals surface area contributed by atoms with Crippen molar-refractivity contribution in [1.82, 2.24) is 4.98 Å². The summed E-state index contributed by atoms with van der Waals surface area (Å²) in [5.41, 5.74) is 0. The third-order valence-electron chi connectivity index (χ3n) is 2.21. The van der Waals surface area contributed by atoms with Gasteiger partial charge in [0.15, 0.2) is 0 Å². The summed E-state index contributed by atoms with van der Waals surface area (Å²) in [6, 6.07) is 3.66. The second-order valence-corrected chi connectivity index (χ2v) is 4.61. The Morgan fingerprint density at radius 2 is 2.21 bits per heavy atom. The van der Waals surface area contributed by atoms with Gasteiger partial charge in [0.1, 0.15) is 5.82 Å². The van der Waals surface area contributed by atoms with Gasteiger partial charge in [-0.15, -0.1) is 0 Å². The van der Waals surface area contributed by atoms with Gasteiger partial charge < -0.3 is 4.90 Å². The lowest BCUT2D eigenvalue weighted by atomic mass is 10.3. The van der Waals surface area contributed by atoms with E-state index in [1.54, 1.807) is 17.2 Å². The van der Waals surface area contributed by atoms with E-state index in [4.69, 9.17) is 0 Å². The van der Waals surface area contributed by atoms with Crippen LogP contribution < -0.4 is 4.90 Å². The molecule has 0 aromatic carbocycles. The Balaban J connectivity index is 2.14. The molecule has 5 heteroatoms. The summed E-state index contributed by atoms with van der Waals surface area (Å²) in [7, 11) is 0. The smallest absolute Gasteiger partial charge is 0.266 e. The molecule has 1 aromatic heterocycles. The van der Waals surface area contributed by atoms with Gasteiger partial charge in [0.05, 0.1) is 6.54 Å². The number of halogens is 3. The van der Waals surface area contributed by atoms with Gasteiger partial charge in [-0.2, -0.15) is 0 Å². The quantitative estimate of drug-likeness (QED) is 0.741. The Kier molecular flexibility index (Phi) is 2.59. The van der Waals surface area contributed by atoms with Crippen molar-refractivity contribution in [1.29, 1.82) is 0 Å². The minimum Gasteiger partial charge on any atom is -0.350 e. The maximum Gasteiger partial charge on any atom is 0.266 e. The standard InChI is InChI=1S/C9H9F2IN2/c10-9(11)3-4-14(6-9)8-2-1-7(12)5-13-8/h1-2,5H,3-4,6H2. The molecule has 0 unspecified atom stereocenters. The second kappa shape index (κ2) is 3.60. The van der Waals surface area contributed by atoms with Crippen molar-refractivity contribution in [2.75, 3.05) is 18.0 Å². The second-order valence-electron chi connectivity index (χ2n) is 3.36. The van der Waals surface area contributed by atoms with Crippen molar-refractivity contribution >= 4 is 28.4 Å². The third kappa shape index (κ3) is 2.13. The first-order valence-electron chi connectivity index (χ1n) is 4.31. The molecule has 1 aromatic rings. The first kappa shape index (κ1) is 10.1. The SMILES string of the molecule is FC1(F)CCN(c2ccc(I)cn2)C1. The lowest BCUT2D eigenvalue weighted by Crippen LogP contribution is -2.25. The molecular weight excluding hydrogens is 301 g/mol. The van der Waals surface area contributed by atoms with Crippen LogP contribution in [0.5, 0.6) is 0 Å². The van der Waals surface area contributed by atoms with Crippen LogP contribution >= 0.6 is 22.6 Å². The summed E-state index contributed by atoms with van der Waals surface area (Å²) >= 11 is 2.14. The van der Waals surface area contributed by atoms with Gasteiger partial charge in [-0.3, -0.25) is 0 Å². The molecule has 76 valence electrons. The van der Waals surface area contributed by atoms with E-state index in [9.17, 15) is 8.78 Å². The van der Waals surface area contributed by atoms with E-state index in [1.165, 1.54) is 0 Å². The normalized spacial score (nSPS) is 20.1. The minimum atomic E-state index is -2.55. The van der Waals surface area contributed by atoms with Crippen molar-refractivity contribution in [3.8, 4) is 0 Å². The molecule has 1 fully saturated rings. The molecule has 0 N–H and O–H groups in total. The van der Waals surface area contributed by atoms with Crippen molar-refractivity contribution < 1.29 is 8.78 Å². The molecule has 1 saturated heterocycles. The number of aromatic nitrogens is 1. The predicted molar refractivity (Wildman–Crippen MR) is 58.7 cm³/mol. The summed E-state index contributed by atoms with van der Waals surface area (Å²) in [5, 5.41) is 0. The van der Waals surface area contributed by atoms with Crippen molar-refractivity contribution in [2.24, 2.45) is 0 Å². The van der Waals surface area contributed by atoms with Crippen LogP contribution in [-0.4, -0.2) is 24.0 Å². The molecule has 0 spiro atoms. The van der Waals surface area contributed by atoms with E-state index in [2.05, 4.69) is 27.6 Å². The zero-order chi connectivity index (χ0) is 10.2. The summed E-state index contributed by atoms with van der Waals surface area (Å²) in [6.45, 7) is 0.182. The maximum atomic E-state index is 12.9. The van der Waals surface area contributed by atoms with Crippen LogP contribution in [0, 0.1) is 3.57 Å². The Morgan fingerprint density at radius 3 is 2.71 bits per heavy atom. The minimum absolute atomic E-state index is 0.0688. The Hall–Kier alpha value is -0.460. The molecule has 1 aliphatic heterocycles. The highest BCUT2D eigenvalue weighted by atomic mass is 127. The topological polar surface area (TPSA) is 16.1 Å². The van der Waals surface area contributed by atoms with E-state index in [0.29, 0.717) is 12.4 Å². The highest BCUT2D eigenvalue weighted by Gasteiger charge is 2.38. The van der Waals surface area contributed by atoms with Crippen LogP contribution in [0.2, 0.25) is 0 Å². The van der Waals surface area contributed by atoms with Crippen molar-refractivity contribution in [3.63, 3.8) is 0 Å². The highest BCUT2D eigenvalue weighted by molar-refractivity contribution is 14.1. The van der Waals surface area contributed by atoms with E-state index in [-0.39, 0.29) is 13.0 Å². The highest BCUT2D eigenvalue weighted by Crippen LogP contribution is 2.29. The van der Waals surface area contributed by atoms with Gasteiger partial charge in [-0.1, -0.05) is 0 Å². The molecule has 2 heterocycles. The van der Waals surface area contributed by atoms with Crippen LogP contribution in [0.25, 0.3) is 0 Å². The fraction of sp³-hybridized carbons (Fsp3) is 0.444. The molecule has 0 radical (unpaired) electrons. The van der Waals surface area contributed by atoms with E-state index in [1.807, 2.05) is 6.07 Å². The van der Waals surface area contributed by atoms with Crippen LogP contribution in [0.1, 0.15) is 6.42 Å². The lowest BCUT2D eigenvalue weighted by Gasteiger charge is -2.16. The van der Waals surface area contributed by atoms with Gasteiger partial charge in [0.25, 0.3) is 5.92 Å². The Morgan fingerprint density at radius 1 is 1.43 bits per heavy atom. The fourth-order valence-corrected chi connectivity index (χ4v) is 1.81. The van der Waals surface area contributed by atoms with Gasteiger partial charge >= 0.3 is 0 Å². The zero-order valence-corrected chi connectivity index (χ0v) is 9.54. The molecular formula is C9H9F2IN2. The maximum absolute atomic E-state index is 12.9. The number of anilines is 1. The van der Waals surface area contributed by atoms with Gasteiger partial charge in [0.2, 0.25) is 0 Å². The van der Waals surface area contributed by atoms with Crippen molar-refractivity contribution in [3.05, 3.63) is 21.9 Å². The van der Waals surface area contributed by atoms with E-state index < -0.39 is 5.92 Å². The Labute approximate surface area is 94.5 Å². The number of nitrogens with zero attached hydrogens (tertiary/aromatic N) is 2. The van der Waals surface area contributed by atoms with Gasteiger partial charge in [0, 0.05) is 22.7 Å². The van der Waals surface area contributed by atoms with Gasteiger partial charge in [-0.05, 0) is 34.7 Å². The number of hydrogen-bond acceptors (Lipinski definition) is 2. The number of rotatable bonds is 1. The molecule has 0 atom stereocenters. The van der Waals surface area contributed by atoms with Crippen LogP contribution in [-0.2, 0) is 0 Å². The van der Waals surface area contributed by atoms with Gasteiger partial charge in [-0.25, -0.2) is 13.8 Å². The molecule has 0 aliphatic carbocycles. The zero-order valence-electron chi connectivity index (χ0n) is 7.38. The summed E-state index contributed by atoms with van der Waals surface area (Å²) in [6.07, 6.45) is 1.62. The molecule has 0 bridgehead atoms. The van der Waals surface area contributed by atoms with Crippen LogP contribution in [0.4, 0.5) is 14.6 Å². The third-order valence-corrected chi connectivity index (χ3v) is 2.84. The molecule has 0 saturated carbocycles. The molecule has 14 heavy (non-hydrogen) atoms. The first-order valence-corrected chi connectivity index (χ1v) is 5.39. The first-order chi connectivity index (χ1) is 6.57. The van der Waals surface area contributed by atoms with Crippen LogP contribution in [0.15, 0.2) is 18.3 Å². The number of pyridine rings is 1. The lowest BCUT2D eigenvalue weighted by molar-refractivity contribution is 0.0257. The average molecular weight is 310 g/mol. The van der Waals surface area contributed by atoms with Crippen molar-refractivity contribution in [2.45, 2.75) is 12.3 Å². The molecule has 2 nitrogen and oxygen atoms in total. The van der Waals surface area contributed by atoms with E-state index in [0.717, 1.165) is 3.57 Å².